The first-order valence-corrected chi connectivity index (χ1v) is 4.29. The highest BCUT2D eigenvalue weighted by atomic mass is 32.3. The summed E-state index contributed by atoms with van der Waals surface area (Å²) in [6, 6.07) is 0. The van der Waals surface area contributed by atoms with Gasteiger partial charge in [0.15, 0.2) is 6.10 Å². The van der Waals surface area contributed by atoms with E-state index in [2.05, 4.69) is 9.50 Å². The Kier molecular flexibility index (Phi) is 2.12. The molecule has 2 N–H and O–H groups in total. The third-order valence-corrected chi connectivity index (χ3v) is 1.71. The molecule has 0 bridgehead atoms. The van der Waals surface area contributed by atoms with Gasteiger partial charge in [0.25, 0.3) is 5.91 Å². The van der Waals surface area contributed by atoms with Crippen LogP contribution in [0.2, 0.25) is 0 Å². The average Bonchev–Trinajstić information content (AvgIpc) is 2.12. The maximum absolute atomic E-state index is 10.6. The fourth-order valence-corrected chi connectivity index (χ4v) is 1.29. The van der Waals surface area contributed by atoms with Gasteiger partial charge >= 0.3 is 10.4 Å². The standard InChI is InChI=1S/C4H7NO5S/c6-4-3(1-2-5-4)10-11(7,8)9/h3H,1-2H2,(H,5,6)(H,7,8,9). The van der Waals surface area contributed by atoms with Crippen molar-refractivity contribution in [2.45, 2.75) is 12.5 Å². The van der Waals surface area contributed by atoms with E-state index < -0.39 is 22.4 Å². The minimum absolute atomic E-state index is 0.263. The highest BCUT2D eigenvalue weighted by Crippen LogP contribution is 2.06. The third kappa shape index (κ3) is 2.45. The van der Waals surface area contributed by atoms with E-state index in [4.69, 9.17) is 4.55 Å². The molecule has 1 unspecified atom stereocenters. The van der Waals surface area contributed by atoms with Crippen molar-refractivity contribution >= 4 is 16.3 Å². The molecule has 0 spiro atoms. The lowest BCUT2D eigenvalue weighted by molar-refractivity contribution is -0.125. The Hall–Kier alpha value is -0.660. The summed E-state index contributed by atoms with van der Waals surface area (Å²) in [6.45, 7) is 0.374. The Balaban J connectivity index is 2.57. The molecule has 0 aromatic heterocycles. The number of carbonyl (C=O) groups is 1. The fourth-order valence-electron chi connectivity index (χ4n) is 0.810. The highest BCUT2D eigenvalue weighted by molar-refractivity contribution is 7.80. The van der Waals surface area contributed by atoms with Crippen LogP contribution < -0.4 is 5.32 Å². The molecule has 1 rings (SSSR count). The first-order chi connectivity index (χ1) is 4.99. The third-order valence-electron chi connectivity index (χ3n) is 1.24. The van der Waals surface area contributed by atoms with Gasteiger partial charge in [-0.1, -0.05) is 0 Å². The van der Waals surface area contributed by atoms with Gasteiger partial charge in [-0.05, 0) is 0 Å². The van der Waals surface area contributed by atoms with E-state index in [1.165, 1.54) is 0 Å². The largest absolute Gasteiger partial charge is 0.398 e. The van der Waals surface area contributed by atoms with Gasteiger partial charge in [0, 0.05) is 13.0 Å². The Morgan fingerprint density at radius 3 is 2.64 bits per heavy atom. The maximum Gasteiger partial charge on any atom is 0.398 e. The predicted octanol–water partition coefficient (Wildman–Crippen LogP) is -1.31. The smallest absolute Gasteiger partial charge is 0.354 e. The zero-order valence-corrected chi connectivity index (χ0v) is 6.30. The molecule has 1 aliphatic rings. The Labute approximate surface area is 63.5 Å². The number of rotatable bonds is 2. The van der Waals surface area contributed by atoms with Crippen LogP contribution in [0.4, 0.5) is 0 Å². The zero-order valence-electron chi connectivity index (χ0n) is 5.48. The van der Waals surface area contributed by atoms with Gasteiger partial charge < -0.3 is 5.32 Å². The molecule has 0 aromatic carbocycles. The highest BCUT2D eigenvalue weighted by Gasteiger charge is 2.29. The van der Waals surface area contributed by atoms with Crippen LogP contribution in [0.15, 0.2) is 0 Å². The van der Waals surface area contributed by atoms with Gasteiger partial charge in [-0.25, -0.2) is 4.18 Å². The topological polar surface area (TPSA) is 92.7 Å². The molecule has 64 valence electrons. The fraction of sp³-hybridized carbons (Fsp3) is 0.750. The molecule has 0 aliphatic carbocycles. The molecule has 1 fully saturated rings. The molecule has 1 heterocycles. The minimum Gasteiger partial charge on any atom is -0.354 e. The lowest BCUT2D eigenvalue weighted by Crippen LogP contribution is -2.27. The van der Waals surface area contributed by atoms with E-state index in [0.717, 1.165) is 0 Å². The molecule has 6 nitrogen and oxygen atoms in total. The second kappa shape index (κ2) is 2.76. The average molecular weight is 181 g/mol. The van der Waals surface area contributed by atoms with Crippen LogP contribution in [0.25, 0.3) is 0 Å². The van der Waals surface area contributed by atoms with Gasteiger partial charge in [-0.2, -0.15) is 8.42 Å². The zero-order chi connectivity index (χ0) is 8.48. The molecule has 1 atom stereocenters. The summed E-state index contributed by atoms with van der Waals surface area (Å²) in [5.74, 6) is -0.511. The Morgan fingerprint density at radius 1 is 1.64 bits per heavy atom. The lowest BCUT2D eigenvalue weighted by atomic mass is 10.3. The normalized spacial score (nSPS) is 25.2. The first-order valence-electron chi connectivity index (χ1n) is 2.92. The Bertz CT molecular complexity index is 258. The van der Waals surface area contributed by atoms with Crippen LogP contribution >= 0.6 is 0 Å². The monoisotopic (exact) mass is 181 g/mol. The molecular weight excluding hydrogens is 174 g/mol. The van der Waals surface area contributed by atoms with E-state index in [-0.39, 0.29) is 6.42 Å². The summed E-state index contributed by atoms with van der Waals surface area (Å²) in [7, 11) is -4.50. The van der Waals surface area contributed by atoms with Crippen LogP contribution in [-0.2, 0) is 19.4 Å². The van der Waals surface area contributed by atoms with Crippen LogP contribution in [0.5, 0.6) is 0 Å². The van der Waals surface area contributed by atoms with Gasteiger partial charge in [0.2, 0.25) is 0 Å². The molecule has 1 saturated heterocycles. The molecule has 7 heteroatoms. The number of hydrogen-bond acceptors (Lipinski definition) is 4. The van der Waals surface area contributed by atoms with E-state index in [9.17, 15) is 13.2 Å². The first kappa shape index (κ1) is 8.44. The molecule has 0 radical (unpaired) electrons. The quantitative estimate of drug-likeness (QED) is 0.516. The van der Waals surface area contributed by atoms with Crippen molar-refractivity contribution in [1.29, 1.82) is 0 Å². The SMILES string of the molecule is O=C1NCCC1OS(=O)(=O)O. The molecule has 0 aromatic rings. The lowest BCUT2D eigenvalue weighted by Gasteiger charge is -2.02. The summed E-state index contributed by atoms with van der Waals surface area (Å²) >= 11 is 0. The van der Waals surface area contributed by atoms with Crippen molar-refractivity contribution in [3.05, 3.63) is 0 Å². The summed E-state index contributed by atoms with van der Waals surface area (Å²) in [5.41, 5.74) is 0. The maximum atomic E-state index is 10.6. The van der Waals surface area contributed by atoms with Gasteiger partial charge in [-0.15, -0.1) is 0 Å². The number of hydrogen-bond donors (Lipinski definition) is 2. The van der Waals surface area contributed by atoms with Gasteiger partial charge in [0.05, 0.1) is 0 Å². The second-order valence-electron chi connectivity index (χ2n) is 2.09. The predicted molar refractivity (Wildman–Crippen MR) is 34.0 cm³/mol. The van der Waals surface area contributed by atoms with E-state index in [1.54, 1.807) is 0 Å². The van der Waals surface area contributed by atoms with Crippen molar-refractivity contribution in [3.8, 4) is 0 Å². The molecule has 11 heavy (non-hydrogen) atoms. The molecule has 1 amide bonds. The van der Waals surface area contributed by atoms with Crippen molar-refractivity contribution in [2.24, 2.45) is 0 Å². The number of carbonyl (C=O) groups excluding carboxylic acids is 1. The van der Waals surface area contributed by atoms with Gasteiger partial charge in [-0.3, -0.25) is 9.35 Å². The van der Waals surface area contributed by atoms with Crippen LogP contribution in [0.3, 0.4) is 0 Å². The van der Waals surface area contributed by atoms with Crippen LogP contribution in [-0.4, -0.2) is 31.5 Å². The van der Waals surface area contributed by atoms with Crippen molar-refractivity contribution in [2.75, 3.05) is 6.54 Å². The molecule has 0 saturated carbocycles. The van der Waals surface area contributed by atoms with Gasteiger partial charge in [0.1, 0.15) is 0 Å². The van der Waals surface area contributed by atoms with Crippen LogP contribution in [0.1, 0.15) is 6.42 Å². The van der Waals surface area contributed by atoms with Crippen molar-refractivity contribution in [3.63, 3.8) is 0 Å². The summed E-state index contributed by atoms with van der Waals surface area (Å²) in [4.78, 5) is 10.6. The molecular formula is C4H7NO5S. The molecule has 1 aliphatic heterocycles. The van der Waals surface area contributed by atoms with Crippen molar-refractivity contribution < 1.29 is 21.9 Å². The van der Waals surface area contributed by atoms with Crippen molar-refractivity contribution in [1.82, 2.24) is 5.32 Å². The van der Waals surface area contributed by atoms with E-state index in [1.807, 2.05) is 0 Å². The number of nitrogens with one attached hydrogen (secondary N) is 1. The summed E-state index contributed by atoms with van der Waals surface area (Å²) in [6.07, 6.45) is -0.802. The summed E-state index contributed by atoms with van der Waals surface area (Å²) < 4.78 is 32.4. The number of amides is 1. The Morgan fingerprint density at radius 2 is 2.27 bits per heavy atom. The summed E-state index contributed by atoms with van der Waals surface area (Å²) in [5, 5.41) is 2.35. The second-order valence-corrected chi connectivity index (χ2v) is 3.14. The van der Waals surface area contributed by atoms with E-state index in [0.29, 0.717) is 6.54 Å². The van der Waals surface area contributed by atoms with E-state index >= 15 is 0 Å². The minimum atomic E-state index is -4.50. The van der Waals surface area contributed by atoms with Crippen LogP contribution in [0, 0.1) is 0 Å².